The number of H-pyrrole nitrogens is 1. The fraction of sp³-hybridized carbons (Fsp3) is 0.207. The molecule has 1 amide bonds. The first kappa shape index (κ1) is 27.1. The third-order valence-corrected chi connectivity index (χ3v) is 6.38. The van der Waals surface area contributed by atoms with E-state index >= 15 is 0 Å². The van der Waals surface area contributed by atoms with E-state index in [-0.39, 0.29) is 5.91 Å². The van der Waals surface area contributed by atoms with Gasteiger partial charge < -0.3 is 20.9 Å². The molecule has 2 aliphatic rings. The van der Waals surface area contributed by atoms with E-state index in [9.17, 15) is 13.2 Å². The highest BCUT2D eigenvalue weighted by molar-refractivity contribution is 7.85. The van der Waals surface area contributed by atoms with Crippen LogP contribution in [0, 0.1) is 0 Å². The number of amides is 1. The van der Waals surface area contributed by atoms with Crippen LogP contribution >= 0.6 is 0 Å². The molecule has 0 bridgehead atoms. The molecule has 0 atom stereocenters. The summed E-state index contributed by atoms with van der Waals surface area (Å²) in [6, 6.07) is 24.3. The van der Waals surface area contributed by atoms with Gasteiger partial charge in [-0.05, 0) is 35.4 Å². The Morgan fingerprint density at radius 1 is 0.850 bits per heavy atom. The molecule has 3 aromatic carbocycles. The second kappa shape index (κ2) is 11.7. The van der Waals surface area contributed by atoms with Gasteiger partial charge in [0.25, 0.3) is 16.0 Å². The fourth-order valence-electron chi connectivity index (χ4n) is 4.48. The molecule has 0 saturated heterocycles. The van der Waals surface area contributed by atoms with Crippen LogP contribution in [0.25, 0.3) is 22.2 Å². The number of carbonyl (C=O) groups is 1. The SMILES string of the molecule is CS(=O)(=O)O.O=C(NCc1ccc(C2=NCCN2)cc1)c1ccc(-c2cc3ccc(C4=NCCN4)cc3[nH]2)cc1. The van der Waals surface area contributed by atoms with Gasteiger partial charge in [0.05, 0.1) is 19.3 Å². The van der Waals surface area contributed by atoms with Gasteiger partial charge in [0, 0.05) is 52.9 Å². The van der Waals surface area contributed by atoms with Crippen LogP contribution in [0.4, 0.5) is 0 Å². The molecular formula is C29H30N6O4S. The summed E-state index contributed by atoms with van der Waals surface area (Å²) >= 11 is 0. The van der Waals surface area contributed by atoms with Gasteiger partial charge in [-0.3, -0.25) is 19.3 Å². The Bertz CT molecular complexity index is 1680. The maximum atomic E-state index is 12.7. The topological polar surface area (TPSA) is 148 Å². The molecule has 0 unspecified atom stereocenters. The van der Waals surface area contributed by atoms with Gasteiger partial charge in [-0.25, -0.2) is 0 Å². The number of aromatic amines is 1. The quantitative estimate of drug-likeness (QED) is 0.230. The highest BCUT2D eigenvalue weighted by Crippen LogP contribution is 2.25. The van der Waals surface area contributed by atoms with E-state index in [0.717, 1.165) is 76.7 Å². The van der Waals surface area contributed by atoms with Gasteiger partial charge in [-0.15, -0.1) is 0 Å². The van der Waals surface area contributed by atoms with Crippen molar-refractivity contribution >= 4 is 38.6 Å². The van der Waals surface area contributed by atoms with Crippen LogP contribution in [0.1, 0.15) is 27.0 Å². The van der Waals surface area contributed by atoms with Crippen molar-refractivity contribution in [2.45, 2.75) is 6.54 Å². The third-order valence-electron chi connectivity index (χ3n) is 6.38. The average molecular weight is 559 g/mol. The second-order valence-electron chi connectivity index (χ2n) is 9.49. The lowest BCUT2D eigenvalue weighted by molar-refractivity contribution is 0.0951. The highest BCUT2D eigenvalue weighted by Gasteiger charge is 2.12. The molecule has 4 aromatic rings. The lowest BCUT2D eigenvalue weighted by Crippen LogP contribution is -2.23. The second-order valence-corrected chi connectivity index (χ2v) is 11.0. The van der Waals surface area contributed by atoms with Gasteiger partial charge in [-0.2, -0.15) is 8.42 Å². The molecule has 0 radical (unpaired) electrons. The van der Waals surface area contributed by atoms with Gasteiger partial charge >= 0.3 is 0 Å². The van der Waals surface area contributed by atoms with Crippen molar-refractivity contribution in [2.75, 3.05) is 32.4 Å². The zero-order valence-corrected chi connectivity index (χ0v) is 22.8. The van der Waals surface area contributed by atoms with Crippen molar-refractivity contribution in [1.29, 1.82) is 0 Å². The molecule has 1 aromatic heterocycles. The number of benzene rings is 3. The largest absolute Gasteiger partial charge is 0.368 e. The van der Waals surface area contributed by atoms with Gasteiger partial charge in [0.15, 0.2) is 0 Å². The van der Waals surface area contributed by atoms with Crippen molar-refractivity contribution in [3.8, 4) is 11.3 Å². The number of nitrogens with one attached hydrogen (secondary N) is 4. The molecule has 3 heterocycles. The van der Waals surface area contributed by atoms with Crippen molar-refractivity contribution in [3.05, 3.63) is 95.1 Å². The summed E-state index contributed by atoms with van der Waals surface area (Å²) in [6.07, 6.45) is 0.715. The summed E-state index contributed by atoms with van der Waals surface area (Å²) in [4.78, 5) is 25.1. The first-order valence-corrected chi connectivity index (χ1v) is 14.7. The third kappa shape index (κ3) is 6.93. The zero-order valence-electron chi connectivity index (χ0n) is 21.9. The Morgan fingerprint density at radius 3 is 2.02 bits per heavy atom. The number of nitrogens with zero attached hydrogens (tertiary/aromatic N) is 2. The summed E-state index contributed by atoms with van der Waals surface area (Å²) in [5, 5.41) is 10.7. The number of carbonyl (C=O) groups excluding carboxylic acids is 1. The minimum Gasteiger partial charge on any atom is -0.368 e. The average Bonchev–Trinajstić information content (AvgIpc) is 3.73. The van der Waals surface area contributed by atoms with E-state index < -0.39 is 10.1 Å². The normalized spacial score (nSPS) is 14.4. The lowest BCUT2D eigenvalue weighted by Gasteiger charge is -2.08. The van der Waals surface area contributed by atoms with Gasteiger partial charge in [-0.1, -0.05) is 48.5 Å². The number of aromatic nitrogens is 1. The van der Waals surface area contributed by atoms with Crippen molar-refractivity contribution in [1.82, 2.24) is 20.9 Å². The number of rotatable bonds is 6. The molecule has 5 N–H and O–H groups in total. The smallest absolute Gasteiger partial charge is 0.261 e. The first-order valence-electron chi connectivity index (χ1n) is 12.8. The van der Waals surface area contributed by atoms with E-state index in [1.807, 2.05) is 48.5 Å². The number of hydrogen-bond acceptors (Lipinski definition) is 7. The predicted octanol–water partition coefficient (Wildman–Crippen LogP) is 2.97. The molecule has 6 rings (SSSR count). The number of amidine groups is 2. The molecule has 0 fully saturated rings. The molecule has 206 valence electrons. The van der Waals surface area contributed by atoms with Crippen LogP contribution in [0.3, 0.4) is 0 Å². The molecule has 0 spiro atoms. The van der Waals surface area contributed by atoms with Crippen molar-refractivity contribution < 1.29 is 17.8 Å². The summed E-state index contributed by atoms with van der Waals surface area (Å²) < 4.78 is 25.9. The molecule has 10 nitrogen and oxygen atoms in total. The summed E-state index contributed by atoms with van der Waals surface area (Å²) in [6.45, 7) is 3.90. The predicted molar refractivity (Wildman–Crippen MR) is 158 cm³/mol. The van der Waals surface area contributed by atoms with Crippen LogP contribution in [0.2, 0.25) is 0 Å². The van der Waals surface area contributed by atoms with Crippen LogP contribution in [0.5, 0.6) is 0 Å². The zero-order chi connectivity index (χ0) is 28.1. The highest BCUT2D eigenvalue weighted by atomic mass is 32.2. The number of aliphatic imine (C=N–C) groups is 2. The van der Waals surface area contributed by atoms with Gasteiger partial charge in [0.2, 0.25) is 0 Å². The minimum absolute atomic E-state index is 0.0893. The Hall–Kier alpha value is -4.48. The molecule has 0 aliphatic carbocycles. The summed E-state index contributed by atoms with van der Waals surface area (Å²) in [5.41, 5.74) is 6.98. The van der Waals surface area contributed by atoms with E-state index in [2.05, 4.69) is 55.2 Å². The van der Waals surface area contributed by atoms with E-state index in [0.29, 0.717) is 18.4 Å². The summed E-state index contributed by atoms with van der Waals surface area (Å²) in [7, 11) is -3.67. The minimum atomic E-state index is -3.67. The van der Waals surface area contributed by atoms with Crippen LogP contribution in [-0.2, 0) is 16.7 Å². The van der Waals surface area contributed by atoms with E-state index in [1.54, 1.807) is 0 Å². The standard InChI is InChI=1S/C28H26N6O.CH4O3S/c35-28(33-17-18-1-3-20(4-2-18)26-29-11-12-30-26)21-7-5-19(6-8-21)24-15-22-9-10-23(16-25(22)34-24)27-31-13-14-32-27;1-5(2,3)4/h1-10,15-16,34H,11-14,17H2,(H,29,30)(H,31,32)(H,33,35);1H3,(H,2,3,4). The Balaban J connectivity index is 0.000000595. The molecule has 0 saturated carbocycles. The van der Waals surface area contributed by atoms with Crippen molar-refractivity contribution in [2.24, 2.45) is 9.98 Å². The van der Waals surface area contributed by atoms with E-state index in [4.69, 9.17) is 4.55 Å². The summed E-state index contributed by atoms with van der Waals surface area (Å²) in [5.74, 6) is 1.81. The Morgan fingerprint density at radius 2 is 1.43 bits per heavy atom. The molecule has 11 heteroatoms. The van der Waals surface area contributed by atoms with Crippen LogP contribution in [-0.4, -0.2) is 68.0 Å². The van der Waals surface area contributed by atoms with Crippen molar-refractivity contribution in [3.63, 3.8) is 0 Å². The Kier molecular flexibility index (Phi) is 7.94. The number of hydrogen-bond donors (Lipinski definition) is 5. The maximum Gasteiger partial charge on any atom is 0.261 e. The molecule has 2 aliphatic heterocycles. The maximum absolute atomic E-state index is 12.7. The van der Waals surface area contributed by atoms with Crippen LogP contribution in [0.15, 0.2) is 82.8 Å². The monoisotopic (exact) mass is 558 g/mol. The van der Waals surface area contributed by atoms with Gasteiger partial charge in [0.1, 0.15) is 11.7 Å². The van der Waals surface area contributed by atoms with Crippen LogP contribution < -0.4 is 16.0 Å². The first-order chi connectivity index (χ1) is 19.2. The van der Waals surface area contributed by atoms with E-state index in [1.165, 1.54) is 0 Å². The molecular weight excluding hydrogens is 528 g/mol. The fourth-order valence-corrected chi connectivity index (χ4v) is 4.48. The molecule has 40 heavy (non-hydrogen) atoms. The number of fused-ring (bicyclic) bond motifs is 1. The Labute approximate surface area is 232 Å². The lowest BCUT2D eigenvalue weighted by atomic mass is 10.1.